The molecule has 2 aromatic carbocycles. The second-order valence-corrected chi connectivity index (χ2v) is 5.69. The number of carbonyl (C=O) groups is 1. The fraction of sp³-hybridized carbons (Fsp3) is 0.278. The van der Waals surface area contributed by atoms with E-state index in [1.54, 1.807) is 0 Å². The zero-order valence-corrected chi connectivity index (χ0v) is 12.6. The number of nitrogen functional groups attached to an aromatic ring is 1. The molecule has 0 unspecified atom stereocenters. The quantitative estimate of drug-likeness (QED) is 0.885. The van der Waals surface area contributed by atoms with Gasteiger partial charge in [-0.15, -0.1) is 0 Å². The molecular weight excluding hydrogens is 274 g/mol. The highest BCUT2D eigenvalue weighted by atomic mass is 16.2. The number of hydrogen-bond acceptors (Lipinski definition) is 3. The van der Waals surface area contributed by atoms with Gasteiger partial charge in [0.25, 0.3) is 0 Å². The molecule has 114 valence electrons. The summed E-state index contributed by atoms with van der Waals surface area (Å²) in [6, 6.07) is 17.8. The Bertz CT molecular complexity index is 625. The SMILES string of the molecule is Nc1ccc(CN2CCCN(c3ccccc3)C(=O)C2)cc1. The highest BCUT2D eigenvalue weighted by Gasteiger charge is 2.22. The van der Waals surface area contributed by atoms with E-state index in [0.29, 0.717) is 6.54 Å². The topological polar surface area (TPSA) is 49.6 Å². The number of nitrogens with two attached hydrogens (primary N) is 1. The van der Waals surface area contributed by atoms with E-state index in [-0.39, 0.29) is 5.91 Å². The van der Waals surface area contributed by atoms with Crippen LogP contribution in [0.15, 0.2) is 54.6 Å². The zero-order valence-electron chi connectivity index (χ0n) is 12.6. The molecule has 0 saturated carbocycles. The van der Waals surface area contributed by atoms with Crippen LogP contribution in [0.4, 0.5) is 11.4 Å². The second-order valence-electron chi connectivity index (χ2n) is 5.69. The smallest absolute Gasteiger partial charge is 0.241 e. The zero-order chi connectivity index (χ0) is 15.4. The predicted octanol–water partition coefficient (Wildman–Crippen LogP) is 2.51. The number of anilines is 2. The Labute approximate surface area is 131 Å². The van der Waals surface area contributed by atoms with Crippen molar-refractivity contribution in [2.75, 3.05) is 30.3 Å². The van der Waals surface area contributed by atoms with Gasteiger partial charge in [0.2, 0.25) is 5.91 Å². The lowest BCUT2D eigenvalue weighted by molar-refractivity contribution is -0.119. The van der Waals surface area contributed by atoms with Gasteiger partial charge in [0, 0.05) is 31.0 Å². The molecule has 0 aromatic heterocycles. The summed E-state index contributed by atoms with van der Waals surface area (Å²) >= 11 is 0. The van der Waals surface area contributed by atoms with Crippen LogP contribution in [0.3, 0.4) is 0 Å². The first-order valence-electron chi connectivity index (χ1n) is 7.64. The van der Waals surface area contributed by atoms with Gasteiger partial charge in [-0.1, -0.05) is 30.3 Å². The number of hydrogen-bond donors (Lipinski definition) is 1. The fourth-order valence-corrected chi connectivity index (χ4v) is 2.83. The maximum Gasteiger partial charge on any atom is 0.241 e. The molecule has 0 bridgehead atoms. The van der Waals surface area contributed by atoms with Crippen molar-refractivity contribution in [1.82, 2.24) is 4.90 Å². The molecule has 1 saturated heterocycles. The molecule has 4 heteroatoms. The highest BCUT2D eigenvalue weighted by Crippen LogP contribution is 2.18. The number of rotatable bonds is 3. The molecule has 1 aliphatic rings. The first kappa shape index (κ1) is 14.6. The van der Waals surface area contributed by atoms with Gasteiger partial charge in [-0.2, -0.15) is 0 Å². The molecular formula is C18H21N3O. The molecule has 4 nitrogen and oxygen atoms in total. The summed E-state index contributed by atoms with van der Waals surface area (Å²) in [5, 5.41) is 0. The van der Waals surface area contributed by atoms with E-state index in [1.807, 2.05) is 59.5 Å². The van der Waals surface area contributed by atoms with Crippen molar-refractivity contribution in [3.63, 3.8) is 0 Å². The molecule has 1 fully saturated rings. The van der Waals surface area contributed by atoms with Crippen LogP contribution in [-0.2, 0) is 11.3 Å². The molecule has 1 amide bonds. The Morgan fingerprint density at radius 1 is 0.955 bits per heavy atom. The Kier molecular flexibility index (Phi) is 4.39. The van der Waals surface area contributed by atoms with Gasteiger partial charge < -0.3 is 10.6 Å². The van der Waals surface area contributed by atoms with E-state index in [2.05, 4.69) is 4.90 Å². The van der Waals surface area contributed by atoms with E-state index in [4.69, 9.17) is 5.73 Å². The second kappa shape index (κ2) is 6.62. The summed E-state index contributed by atoms with van der Waals surface area (Å²) < 4.78 is 0. The summed E-state index contributed by atoms with van der Waals surface area (Å²) in [5.74, 6) is 0.166. The van der Waals surface area contributed by atoms with Crippen LogP contribution >= 0.6 is 0 Å². The van der Waals surface area contributed by atoms with Gasteiger partial charge in [-0.3, -0.25) is 9.69 Å². The van der Waals surface area contributed by atoms with Crippen molar-refractivity contribution in [2.45, 2.75) is 13.0 Å². The fourth-order valence-electron chi connectivity index (χ4n) is 2.83. The summed E-state index contributed by atoms with van der Waals surface area (Å²) in [4.78, 5) is 16.6. The van der Waals surface area contributed by atoms with Gasteiger partial charge in [0.05, 0.1) is 6.54 Å². The van der Waals surface area contributed by atoms with Crippen LogP contribution in [0.5, 0.6) is 0 Å². The molecule has 2 N–H and O–H groups in total. The Hall–Kier alpha value is -2.33. The Balaban J connectivity index is 1.68. The first-order chi connectivity index (χ1) is 10.7. The number of para-hydroxylation sites is 1. The van der Waals surface area contributed by atoms with Gasteiger partial charge in [-0.05, 0) is 36.2 Å². The minimum Gasteiger partial charge on any atom is -0.399 e. The minimum atomic E-state index is 0.166. The van der Waals surface area contributed by atoms with Crippen molar-refractivity contribution < 1.29 is 4.79 Å². The van der Waals surface area contributed by atoms with Gasteiger partial charge in [-0.25, -0.2) is 0 Å². The molecule has 1 heterocycles. The maximum absolute atomic E-state index is 12.5. The van der Waals surface area contributed by atoms with E-state index < -0.39 is 0 Å². The molecule has 0 radical (unpaired) electrons. The van der Waals surface area contributed by atoms with Crippen LogP contribution in [0.2, 0.25) is 0 Å². The maximum atomic E-state index is 12.5. The van der Waals surface area contributed by atoms with E-state index in [9.17, 15) is 4.79 Å². The lowest BCUT2D eigenvalue weighted by Gasteiger charge is -2.22. The average molecular weight is 295 g/mol. The average Bonchev–Trinajstić information content (AvgIpc) is 2.72. The van der Waals surface area contributed by atoms with E-state index in [1.165, 1.54) is 5.56 Å². The summed E-state index contributed by atoms with van der Waals surface area (Å²) in [7, 11) is 0. The number of benzene rings is 2. The third-order valence-electron chi connectivity index (χ3n) is 3.97. The van der Waals surface area contributed by atoms with Crippen molar-refractivity contribution in [3.8, 4) is 0 Å². The van der Waals surface area contributed by atoms with Crippen LogP contribution in [0.1, 0.15) is 12.0 Å². The van der Waals surface area contributed by atoms with Crippen LogP contribution in [0, 0.1) is 0 Å². The summed E-state index contributed by atoms with van der Waals surface area (Å²) in [5.41, 5.74) is 8.66. The van der Waals surface area contributed by atoms with Crippen LogP contribution in [0.25, 0.3) is 0 Å². The Morgan fingerprint density at radius 3 is 2.41 bits per heavy atom. The van der Waals surface area contributed by atoms with E-state index in [0.717, 1.165) is 37.4 Å². The number of amides is 1. The molecule has 0 atom stereocenters. The lowest BCUT2D eigenvalue weighted by atomic mass is 10.2. The third kappa shape index (κ3) is 3.46. The molecule has 3 rings (SSSR count). The van der Waals surface area contributed by atoms with Crippen molar-refractivity contribution >= 4 is 17.3 Å². The molecule has 1 aliphatic heterocycles. The number of nitrogens with zero attached hydrogens (tertiary/aromatic N) is 2. The minimum absolute atomic E-state index is 0.166. The highest BCUT2D eigenvalue weighted by molar-refractivity contribution is 5.95. The largest absolute Gasteiger partial charge is 0.399 e. The van der Waals surface area contributed by atoms with Gasteiger partial charge in [0.1, 0.15) is 0 Å². The summed E-state index contributed by atoms with van der Waals surface area (Å²) in [6.45, 7) is 2.95. The van der Waals surface area contributed by atoms with Crippen LogP contribution in [-0.4, -0.2) is 30.4 Å². The lowest BCUT2D eigenvalue weighted by Crippen LogP contribution is -2.36. The van der Waals surface area contributed by atoms with Crippen molar-refractivity contribution in [2.24, 2.45) is 0 Å². The molecule has 22 heavy (non-hydrogen) atoms. The third-order valence-corrected chi connectivity index (χ3v) is 3.97. The van der Waals surface area contributed by atoms with Crippen molar-refractivity contribution in [1.29, 1.82) is 0 Å². The normalized spacial score (nSPS) is 16.5. The summed E-state index contributed by atoms with van der Waals surface area (Å²) in [6.07, 6.45) is 0.982. The van der Waals surface area contributed by atoms with Crippen molar-refractivity contribution in [3.05, 3.63) is 60.2 Å². The monoisotopic (exact) mass is 295 g/mol. The molecule has 2 aromatic rings. The van der Waals surface area contributed by atoms with Crippen LogP contribution < -0.4 is 10.6 Å². The first-order valence-corrected chi connectivity index (χ1v) is 7.64. The molecule has 0 spiro atoms. The van der Waals surface area contributed by atoms with E-state index >= 15 is 0 Å². The number of carbonyl (C=O) groups excluding carboxylic acids is 1. The Morgan fingerprint density at radius 2 is 1.68 bits per heavy atom. The predicted molar refractivity (Wildman–Crippen MR) is 89.5 cm³/mol. The molecule has 0 aliphatic carbocycles. The van der Waals surface area contributed by atoms with Gasteiger partial charge >= 0.3 is 0 Å². The standard InChI is InChI=1S/C18H21N3O/c19-16-9-7-15(8-10-16)13-20-11-4-12-21(18(22)14-20)17-5-2-1-3-6-17/h1-3,5-10H,4,11-14,19H2. The van der Waals surface area contributed by atoms with Gasteiger partial charge in [0.15, 0.2) is 0 Å².